The Morgan fingerprint density at radius 1 is 1.42 bits per heavy atom. The molecule has 0 amide bonds. The Kier molecular flexibility index (Phi) is 5.76. The first-order valence-corrected chi connectivity index (χ1v) is 6.13. The van der Waals surface area contributed by atoms with Crippen molar-refractivity contribution in [2.24, 2.45) is 11.7 Å². The molecule has 0 aromatic heterocycles. The second kappa shape index (κ2) is 7.09. The SMILES string of the molecule is COC(=O)CC(C)CC(N)c1ccc(OC)c(F)c1. The summed E-state index contributed by atoms with van der Waals surface area (Å²) >= 11 is 0. The summed E-state index contributed by atoms with van der Waals surface area (Å²) in [6, 6.07) is 4.33. The smallest absolute Gasteiger partial charge is 0.305 e. The van der Waals surface area contributed by atoms with Crippen LogP contribution in [0, 0.1) is 11.7 Å². The van der Waals surface area contributed by atoms with E-state index in [9.17, 15) is 9.18 Å². The Bertz CT molecular complexity index is 437. The fraction of sp³-hybridized carbons (Fsp3) is 0.500. The average Bonchev–Trinajstić information content (AvgIpc) is 2.38. The number of carbonyl (C=O) groups is 1. The van der Waals surface area contributed by atoms with E-state index in [2.05, 4.69) is 4.74 Å². The zero-order valence-electron chi connectivity index (χ0n) is 11.5. The molecule has 0 heterocycles. The first-order chi connectivity index (χ1) is 8.97. The van der Waals surface area contributed by atoms with Crippen molar-refractivity contribution in [3.63, 3.8) is 0 Å². The lowest BCUT2D eigenvalue weighted by Gasteiger charge is -2.17. The van der Waals surface area contributed by atoms with Crippen molar-refractivity contribution in [3.05, 3.63) is 29.6 Å². The van der Waals surface area contributed by atoms with Crippen LogP contribution in [0.15, 0.2) is 18.2 Å². The topological polar surface area (TPSA) is 61.5 Å². The van der Waals surface area contributed by atoms with Crippen molar-refractivity contribution in [1.29, 1.82) is 0 Å². The molecule has 0 aliphatic rings. The number of nitrogens with two attached hydrogens (primary N) is 1. The maximum absolute atomic E-state index is 13.6. The molecule has 2 atom stereocenters. The second-order valence-electron chi connectivity index (χ2n) is 4.62. The van der Waals surface area contributed by atoms with Crippen LogP contribution in [-0.4, -0.2) is 20.2 Å². The zero-order chi connectivity index (χ0) is 14.4. The lowest BCUT2D eigenvalue weighted by molar-refractivity contribution is -0.141. The van der Waals surface area contributed by atoms with Gasteiger partial charge in [-0.05, 0) is 30.0 Å². The molecule has 4 nitrogen and oxygen atoms in total. The van der Waals surface area contributed by atoms with Gasteiger partial charge in [0, 0.05) is 12.5 Å². The van der Waals surface area contributed by atoms with Crippen molar-refractivity contribution in [2.45, 2.75) is 25.8 Å². The monoisotopic (exact) mass is 269 g/mol. The van der Waals surface area contributed by atoms with Crippen LogP contribution in [0.4, 0.5) is 4.39 Å². The average molecular weight is 269 g/mol. The quantitative estimate of drug-likeness (QED) is 0.806. The highest BCUT2D eigenvalue weighted by molar-refractivity contribution is 5.69. The number of methoxy groups -OCH3 is 2. The minimum atomic E-state index is -0.434. The third-order valence-electron chi connectivity index (χ3n) is 3.00. The van der Waals surface area contributed by atoms with Crippen LogP contribution in [0.1, 0.15) is 31.4 Å². The lowest BCUT2D eigenvalue weighted by atomic mass is 9.94. The number of benzene rings is 1. The number of hydrogen-bond acceptors (Lipinski definition) is 4. The number of carbonyl (C=O) groups excluding carboxylic acids is 1. The van der Waals surface area contributed by atoms with Gasteiger partial charge in [-0.2, -0.15) is 0 Å². The van der Waals surface area contributed by atoms with E-state index in [4.69, 9.17) is 10.5 Å². The van der Waals surface area contributed by atoms with Crippen molar-refractivity contribution >= 4 is 5.97 Å². The van der Waals surface area contributed by atoms with E-state index in [0.717, 1.165) is 0 Å². The summed E-state index contributed by atoms with van der Waals surface area (Å²) in [6.07, 6.45) is 0.893. The molecule has 0 bridgehead atoms. The van der Waals surface area contributed by atoms with Gasteiger partial charge >= 0.3 is 5.97 Å². The molecular formula is C14H20FNO3. The Labute approximate surface area is 112 Å². The van der Waals surface area contributed by atoms with Gasteiger partial charge in [-0.25, -0.2) is 4.39 Å². The van der Waals surface area contributed by atoms with Gasteiger partial charge in [0.2, 0.25) is 0 Å². The minimum Gasteiger partial charge on any atom is -0.494 e. The Hall–Kier alpha value is -1.62. The normalized spacial score (nSPS) is 13.7. The van der Waals surface area contributed by atoms with Crippen LogP contribution in [0.2, 0.25) is 0 Å². The molecule has 1 aromatic rings. The Balaban J connectivity index is 2.65. The van der Waals surface area contributed by atoms with Crippen LogP contribution in [0.25, 0.3) is 0 Å². The fourth-order valence-corrected chi connectivity index (χ4v) is 1.93. The molecule has 0 fully saturated rings. The summed E-state index contributed by atoms with van der Waals surface area (Å²) in [5.74, 6) is -0.428. The maximum atomic E-state index is 13.6. The van der Waals surface area contributed by atoms with Gasteiger partial charge in [0.15, 0.2) is 11.6 Å². The number of hydrogen-bond donors (Lipinski definition) is 1. The van der Waals surface area contributed by atoms with E-state index in [1.807, 2.05) is 6.92 Å². The van der Waals surface area contributed by atoms with Crippen LogP contribution in [0.3, 0.4) is 0 Å². The van der Waals surface area contributed by atoms with Gasteiger partial charge in [-0.15, -0.1) is 0 Å². The summed E-state index contributed by atoms with van der Waals surface area (Å²) in [5.41, 5.74) is 6.70. The molecule has 1 aromatic carbocycles. The summed E-state index contributed by atoms with van der Waals surface area (Å²) in [6.45, 7) is 1.91. The molecule has 0 spiro atoms. The highest BCUT2D eigenvalue weighted by Gasteiger charge is 2.16. The number of halogens is 1. The molecule has 0 radical (unpaired) electrons. The zero-order valence-corrected chi connectivity index (χ0v) is 11.5. The fourth-order valence-electron chi connectivity index (χ4n) is 1.93. The van der Waals surface area contributed by atoms with Gasteiger partial charge in [0.1, 0.15) is 0 Å². The van der Waals surface area contributed by atoms with E-state index in [1.165, 1.54) is 20.3 Å². The molecule has 0 aliphatic carbocycles. The molecule has 19 heavy (non-hydrogen) atoms. The van der Waals surface area contributed by atoms with E-state index >= 15 is 0 Å². The van der Waals surface area contributed by atoms with E-state index in [-0.39, 0.29) is 23.7 Å². The van der Waals surface area contributed by atoms with E-state index < -0.39 is 5.82 Å². The van der Waals surface area contributed by atoms with Gasteiger partial charge < -0.3 is 15.2 Å². The molecule has 0 saturated heterocycles. The predicted molar refractivity (Wildman–Crippen MR) is 70.3 cm³/mol. The van der Waals surface area contributed by atoms with Crippen LogP contribution >= 0.6 is 0 Å². The molecule has 1 rings (SSSR count). The third-order valence-corrected chi connectivity index (χ3v) is 3.00. The highest BCUT2D eigenvalue weighted by atomic mass is 19.1. The van der Waals surface area contributed by atoms with Crippen molar-refractivity contribution in [3.8, 4) is 5.75 Å². The van der Waals surface area contributed by atoms with Crippen molar-refractivity contribution < 1.29 is 18.7 Å². The Morgan fingerprint density at radius 3 is 2.63 bits per heavy atom. The lowest BCUT2D eigenvalue weighted by Crippen LogP contribution is -2.17. The van der Waals surface area contributed by atoms with Crippen LogP contribution in [0.5, 0.6) is 5.75 Å². The van der Waals surface area contributed by atoms with Crippen molar-refractivity contribution in [2.75, 3.05) is 14.2 Å². The number of ether oxygens (including phenoxy) is 2. The molecule has 5 heteroatoms. The van der Waals surface area contributed by atoms with Crippen LogP contribution < -0.4 is 10.5 Å². The van der Waals surface area contributed by atoms with Gasteiger partial charge in [-0.3, -0.25) is 4.79 Å². The molecule has 0 aliphatic heterocycles. The van der Waals surface area contributed by atoms with E-state index in [1.54, 1.807) is 12.1 Å². The van der Waals surface area contributed by atoms with Gasteiger partial charge in [0.05, 0.1) is 14.2 Å². The van der Waals surface area contributed by atoms with Gasteiger partial charge in [-0.1, -0.05) is 13.0 Å². The second-order valence-corrected chi connectivity index (χ2v) is 4.62. The molecule has 0 saturated carbocycles. The maximum Gasteiger partial charge on any atom is 0.305 e. The highest BCUT2D eigenvalue weighted by Crippen LogP contribution is 2.25. The van der Waals surface area contributed by atoms with Gasteiger partial charge in [0.25, 0.3) is 0 Å². The van der Waals surface area contributed by atoms with Crippen LogP contribution in [-0.2, 0) is 9.53 Å². The first kappa shape index (κ1) is 15.4. The standard InChI is InChI=1S/C14H20FNO3/c1-9(7-14(17)19-3)6-12(16)10-4-5-13(18-2)11(15)8-10/h4-5,8-9,12H,6-7,16H2,1-3H3. The molecule has 2 N–H and O–H groups in total. The number of rotatable bonds is 6. The summed E-state index contributed by atoms with van der Waals surface area (Å²) in [4.78, 5) is 11.1. The molecule has 2 unspecified atom stereocenters. The summed E-state index contributed by atoms with van der Waals surface area (Å²) < 4.78 is 23.0. The first-order valence-electron chi connectivity index (χ1n) is 6.13. The van der Waals surface area contributed by atoms with E-state index in [0.29, 0.717) is 18.4 Å². The largest absolute Gasteiger partial charge is 0.494 e. The minimum absolute atomic E-state index is 0.0765. The summed E-state index contributed by atoms with van der Waals surface area (Å²) in [5, 5.41) is 0. The Morgan fingerprint density at radius 2 is 2.11 bits per heavy atom. The number of esters is 1. The van der Waals surface area contributed by atoms with Crippen molar-refractivity contribution in [1.82, 2.24) is 0 Å². The molecular weight excluding hydrogens is 249 g/mol. The summed E-state index contributed by atoms with van der Waals surface area (Å²) in [7, 11) is 2.77. The third kappa shape index (κ3) is 4.52. The molecule has 106 valence electrons. The predicted octanol–water partition coefficient (Wildman–Crippen LogP) is 2.42.